The second-order valence-electron chi connectivity index (χ2n) is 5.01. The van der Waals surface area contributed by atoms with E-state index in [9.17, 15) is 39.5 Å². The summed E-state index contributed by atoms with van der Waals surface area (Å²) < 4.78 is 17.5. The first-order valence-corrected chi connectivity index (χ1v) is 9.33. The molecule has 2 heterocycles. The molecule has 15 heteroatoms. The van der Waals surface area contributed by atoms with Crippen LogP contribution in [-0.4, -0.2) is 67.5 Å². The maximum atomic E-state index is 11.2. The van der Waals surface area contributed by atoms with Crippen LogP contribution in [0, 0.1) is 10.1 Å². The third-order valence-electron chi connectivity index (χ3n) is 3.25. The van der Waals surface area contributed by atoms with Crippen molar-refractivity contribution in [2.75, 3.05) is 28.4 Å². The van der Waals surface area contributed by atoms with E-state index in [0.717, 1.165) is 25.6 Å². The lowest BCUT2D eigenvalue weighted by Crippen LogP contribution is -2.01. The fourth-order valence-corrected chi connectivity index (χ4v) is 3.75. The summed E-state index contributed by atoms with van der Waals surface area (Å²) in [6, 6.07) is 1.17. The molecule has 0 unspecified atom stereocenters. The molecule has 0 saturated heterocycles. The molecule has 168 valence electrons. The van der Waals surface area contributed by atoms with Crippen molar-refractivity contribution in [2.24, 2.45) is 0 Å². The Balaban J connectivity index is 0.000000316. The van der Waals surface area contributed by atoms with Crippen molar-refractivity contribution in [3.05, 3.63) is 35.7 Å². The van der Waals surface area contributed by atoms with Crippen molar-refractivity contribution in [3.63, 3.8) is 0 Å². The van der Waals surface area contributed by atoms with Crippen molar-refractivity contribution < 1.29 is 53.3 Å². The number of thiophene rings is 2. The molecule has 13 nitrogen and oxygen atoms in total. The van der Waals surface area contributed by atoms with Gasteiger partial charge in [-0.15, -0.1) is 22.7 Å². The second-order valence-corrected chi connectivity index (χ2v) is 7.08. The molecule has 2 N–H and O–H groups in total. The topological polar surface area (TPSA) is 189 Å². The Bertz CT molecular complexity index is 1020. The third-order valence-corrected chi connectivity index (χ3v) is 5.47. The molecular weight excluding hydrogens is 462 g/mol. The average Bonchev–Trinajstić information content (AvgIpc) is 3.32. The van der Waals surface area contributed by atoms with E-state index >= 15 is 0 Å². The first-order chi connectivity index (χ1) is 14.5. The smallest absolute Gasteiger partial charge is 0.355 e. The highest BCUT2D eigenvalue weighted by atomic mass is 32.1. The maximum absolute atomic E-state index is 11.2. The lowest BCUT2D eigenvalue weighted by molar-refractivity contribution is -0.385. The van der Waals surface area contributed by atoms with Gasteiger partial charge in [-0.2, -0.15) is 0 Å². The average molecular weight is 477 g/mol. The molecular formula is C16H15NO12S2. The lowest BCUT2D eigenvalue weighted by Gasteiger charge is -1.94. The molecule has 2 aromatic rings. The number of aromatic hydroxyl groups is 2. The summed E-state index contributed by atoms with van der Waals surface area (Å²) in [5.74, 6) is -4.42. The Labute approximate surface area is 181 Å². The van der Waals surface area contributed by atoms with Gasteiger partial charge in [0.1, 0.15) is 10.6 Å². The van der Waals surface area contributed by atoms with Crippen LogP contribution in [0.1, 0.15) is 38.7 Å². The monoisotopic (exact) mass is 477 g/mol. The molecule has 2 aromatic heterocycles. The standard InChI is InChI=1S/C8H7NO7S.C8H8O5S/c1-15-7(11)5-3(9(13)14)4(10)6(17-5)8(12)16-2;1-12-7(10)5-3-4(9)6(14-5)8(11)13-2/h10H,1-2H3;3,9H,1-2H3. The summed E-state index contributed by atoms with van der Waals surface area (Å²) in [7, 11) is 4.49. The summed E-state index contributed by atoms with van der Waals surface area (Å²) in [6.07, 6.45) is 0. The molecule has 0 aromatic carbocycles. The molecule has 0 saturated carbocycles. The largest absolute Gasteiger partial charge is 0.506 e. The highest BCUT2D eigenvalue weighted by Gasteiger charge is 2.35. The van der Waals surface area contributed by atoms with Crippen molar-refractivity contribution >= 4 is 52.2 Å². The van der Waals surface area contributed by atoms with Gasteiger partial charge in [0, 0.05) is 6.07 Å². The molecule has 0 atom stereocenters. The quantitative estimate of drug-likeness (QED) is 0.276. The first kappa shape index (κ1) is 25.3. The van der Waals surface area contributed by atoms with E-state index < -0.39 is 50.0 Å². The van der Waals surface area contributed by atoms with Crippen LogP contribution in [0.4, 0.5) is 5.69 Å². The van der Waals surface area contributed by atoms with Crippen LogP contribution in [0.3, 0.4) is 0 Å². The van der Waals surface area contributed by atoms with E-state index in [0.29, 0.717) is 11.3 Å². The van der Waals surface area contributed by atoms with Gasteiger partial charge >= 0.3 is 29.6 Å². The van der Waals surface area contributed by atoms with Gasteiger partial charge in [0.05, 0.1) is 33.4 Å². The lowest BCUT2D eigenvalue weighted by atomic mass is 10.3. The number of hydrogen-bond donors (Lipinski definition) is 2. The van der Waals surface area contributed by atoms with E-state index in [1.54, 1.807) is 0 Å². The van der Waals surface area contributed by atoms with Gasteiger partial charge in [-0.3, -0.25) is 10.1 Å². The van der Waals surface area contributed by atoms with E-state index in [4.69, 9.17) is 0 Å². The molecule has 0 spiro atoms. The highest BCUT2D eigenvalue weighted by molar-refractivity contribution is 7.17. The summed E-state index contributed by atoms with van der Waals surface area (Å²) in [5, 5.41) is 29.4. The summed E-state index contributed by atoms with van der Waals surface area (Å²) in [6.45, 7) is 0. The molecule has 0 amide bonds. The molecule has 2 rings (SSSR count). The van der Waals surface area contributed by atoms with Crippen LogP contribution < -0.4 is 0 Å². The molecule has 0 bridgehead atoms. The first-order valence-electron chi connectivity index (χ1n) is 7.70. The Morgan fingerprint density at radius 3 is 1.71 bits per heavy atom. The molecule has 31 heavy (non-hydrogen) atoms. The van der Waals surface area contributed by atoms with E-state index in [1.807, 2.05) is 0 Å². The summed E-state index contributed by atoms with van der Waals surface area (Å²) in [5.41, 5.74) is -0.859. The van der Waals surface area contributed by atoms with Crippen LogP contribution in [-0.2, 0) is 18.9 Å². The van der Waals surface area contributed by atoms with Gasteiger partial charge in [0.25, 0.3) is 0 Å². The van der Waals surface area contributed by atoms with E-state index in [2.05, 4.69) is 18.9 Å². The molecule has 0 fully saturated rings. The zero-order valence-electron chi connectivity index (χ0n) is 16.3. The van der Waals surface area contributed by atoms with Crippen LogP contribution in [0.15, 0.2) is 6.07 Å². The zero-order chi connectivity index (χ0) is 23.9. The number of methoxy groups -OCH3 is 4. The molecule has 0 radical (unpaired) electrons. The summed E-state index contributed by atoms with van der Waals surface area (Å²) >= 11 is 1.26. The minimum absolute atomic E-state index is 0.00657. The fraction of sp³-hybridized carbons (Fsp3) is 0.250. The van der Waals surface area contributed by atoms with Crippen molar-refractivity contribution in [1.29, 1.82) is 0 Å². The number of carbonyl (C=O) groups is 4. The summed E-state index contributed by atoms with van der Waals surface area (Å²) in [4.78, 5) is 53.5. The minimum Gasteiger partial charge on any atom is -0.506 e. The highest BCUT2D eigenvalue weighted by Crippen LogP contribution is 2.41. The Morgan fingerprint density at radius 2 is 1.26 bits per heavy atom. The van der Waals surface area contributed by atoms with E-state index in [-0.39, 0.29) is 15.5 Å². The van der Waals surface area contributed by atoms with Crippen LogP contribution >= 0.6 is 22.7 Å². The minimum atomic E-state index is -1.01. The van der Waals surface area contributed by atoms with Gasteiger partial charge in [-0.05, 0) is 0 Å². The number of rotatable bonds is 5. The normalized spacial score (nSPS) is 9.68. The van der Waals surface area contributed by atoms with Crippen LogP contribution in [0.2, 0.25) is 0 Å². The van der Waals surface area contributed by atoms with Gasteiger partial charge in [0.15, 0.2) is 14.6 Å². The molecule has 0 aliphatic heterocycles. The van der Waals surface area contributed by atoms with Crippen molar-refractivity contribution in [2.45, 2.75) is 0 Å². The number of hydrogen-bond acceptors (Lipinski definition) is 14. The van der Waals surface area contributed by atoms with Gasteiger partial charge in [-0.1, -0.05) is 0 Å². The Kier molecular flexibility index (Phi) is 8.89. The van der Waals surface area contributed by atoms with Gasteiger partial charge in [-0.25, -0.2) is 19.2 Å². The van der Waals surface area contributed by atoms with E-state index in [1.165, 1.54) is 20.3 Å². The predicted molar refractivity (Wildman–Crippen MR) is 104 cm³/mol. The number of nitro groups is 1. The number of carbonyl (C=O) groups excluding carboxylic acids is 4. The van der Waals surface area contributed by atoms with Gasteiger partial charge in [0.2, 0.25) is 5.75 Å². The van der Waals surface area contributed by atoms with Crippen molar-refractivity contribution in [3.8, 4) is 11.5 Å². The SMILES string of the molecule is COC(=O)c1cc(O)c(C(=O)OC)s1.COC(=O)c1sc(C(=O)OC)c([N+](=O)[O-])c1O. The second kappa shape index (κ2) is 10.9. The molecule has 0 aliphatic carbocycles. The third kappa shape index (κ3) is 5.67. The maximum Gasteiger partial charge on any atom is 0.355 e. The van der Waals surface area contributed by atoms with Crippen LogP contribution in [0.25, 0.3) is 0 Å². The predicted octanol–water partition coefficient (Wildman–Crippen LogP) is 1.96. The van der Waals surface area contributed by atoms with Crippen molar-refractivity contribution in [1.82, 2.24) is 0 Å². The fourth-order valence-electron chi connectivity index (χ4n) is 1.87. The Morgan fingerprint density at radius 1 is 0.806 bits per heavy atom. The molecule has 0 aliphatic rings. The number of ether oxygens (including phenoxy) is 4. The number of nitrogens with zero attached hydrogens (tertiary/aromatic N) is 1. The Hall–Kier alpha value is -3.72. The van der Waals surface area contributed by atoms with Crippen LogP contribution in [0.5, 0.6) is 11.5 Å². The van der Waals surface area contributed by atoms with Gasteiger partial charge < -0.3 is 29.2 Å². The number of esters is 4. The zero-order valence-corrected chi connectivity index (χ0v) is 18.0.